The Morgan fingerprint density at radius 1 is 1.13 bits per heavy atom. The summed E-state index contributed by atoms with van der Waals surface area (Å²) < 4.78 is 48.9. The predicted molar refractivity (Wildman–Crippen MR) is 103 cm³/mol. The van der Waals surface area contributed by atoms with Crippen LogP contribution < -0.4 is 15.4 Å². The van der Waals surface area contributed by atoms with Crippen LogP contribution in [0.2, 0.25) is 0 Å². The molecule has 6 nitrogen and oxygen atoms in total. The van der Waals surface area contributed by atoms with E-state index < -0.39 is 24.3 Å². The first-order chi connectivity index (χ1) is 14.3. The van der Waals surface area contributed by atoms with Crippen molar-refractivity contribution in [2.24, 2.45) is 0 Å². The van der Waals surface area contributed by atoms with Crippen LogP contribution in [-0.2, 0) is 15.7 Å². The lowest BCUT2D eigenvalue weighted by molar-refractivity contribution is -0.137. The molecule has 1 aliphatic heterocycles. The molecule has 160 valence electrons. The van der Waals surface area contributed by atoms with Crippen LogP contribution in [-0.4, -0.2) is 37.7 Å². The van der Waals surface area contributed by atoms with Gasteiger partial charge in [-0.3, -0.25) is 9.59 Å². The van der Waals surface area contributed by atoms with Crippen LogP contribution in [0.3, 0.4) is 0 Å². The van der Waals surface area contributed by atoms with E-state index in [1.54, 1.807) is 24.3 Å². The SMILES string of the molecule is O=C(COc1cccc(C(F)(F)F)c1)Nc1ccccc1C(=O)NCC1CCCO1. The molecular weight excluding hydrogens is 401 g/mol. The molecule has 0 radical (unpaired) electrons. The molecule has 1 aliphatic rings. The van der Waals surface area contributed by atoms with E-state index in [2.05, 4.69) is 10.6 Å². The second-order valence-electron chi connectivity index (χ2n) is 6.75. The molecule has 2 aromatic carbocycles. The van der Waals surface area contributed by atoms with E-state index in [0.29, 0.717) is 13.2 Å². The first-order valence-electron chi connectivity index (χ1n) is 9.41. The predicted octanol–water partition coefficient (Wildman–Crippen LogP) is 3.63. The van der Waals surface area contributed by atoms with Gasteiger partial charge in [-0.05, 0) is 43.2 Å². The summed E-state index contributed by atoms with van der Waals surface area (Å²) in [6.45, 7) is 0.548. The number of carbonyl (C=O) groups is 2. The summed E-state index contributed by atoms with van der Waals surface area (Å²) in [6.07, 6.45) is -2.68. The maximum absolute atomic E-state index is 12.8. The van der Waals surface area contributed by atoms with Crippen molar-refractivity contribution >= 4 is 17.5 Å². The Morgan fingerprint density at radius 2 is 1.93 bits per heavy atom. The molecule has 0 bridgehead atoms. The Labute approximate surface area is 171 Å². The minimum atomic E-state index is -4.50. The molecular formula is C21H21F3N2O4. The molecule has 1 saturated heterocycles. The number of amides is 2. The van der Waals surface area contributed by atoms with Crippen LogP contribution in [0, 0.1) is 0 Å². The van der Waals surface area contributed by atoms with Gasteiger partial charge >= 0.3 is 6.18 Å². The molecule has 2 N–H and O–H groups in total. The zero-order chi connectivity index (χ0) is 21.6. The van der Waals surface area contributed by atoms with E-state index in [1.165, 1.54) is 12.1 Å². The number of hydrogen-bond acceptors (Lipinski definition) is 4. The zero-order valence-corrected chi connectivity index (χ0v) is 16.0. The Bertz CT molecular complexity index is 896. The highest BCUT2D eigenvalue weighted by molar-refractivity contribution is 6.04. The van der Waals surface area contributed by atoms with Crippen LogP contribution in [0.5, 0.6) is 5.75 Å². The highest BCUT2D eigenvalue weighted by Crippen LogP contribution is 2.31. The number of anilines is 1. The van der Waals surface area contributed by atoms with Gasteiger partial charge in [0.2, 0.25) is 0 Å². The van der Waals surface area contributed by atoms with Crippen molar-refractivity contribution in [1.29, 1.82) is 0 Å². The van der Waals surface area contributed by atoms with Crippen LogP contribution in [0.1, 0.15) is 28.8 Å². The fourth-order valence-electron chi connectivity index (χ4n) is 2.99. The van der Waals surface area contributed by atoms with Gasteiger partial charge in [0.05, 0.1) is 22.9 Å². The van der Waals surface area contributed by atoms with E-state index in [0.717, 1.165) is 25.0 Å². The van der Waals surface area contributed by atoms with Gasteiger partial charge in [0, 0.05) is 13.2 Å². The van der Waals surface area contributed by atoms with Crippen LogP contribution in [0.15, 0.2) is 48.5 Å². The molecule has 1 fully saturated rings. The van der Waals surface area contributed by atoms with Gasteiger partial charge in [0.1, 0.15) is 5.75 Å². The Morgan fingerprint density at radius 3 is 2.67 bits per heavy atom. The highest BCUT2D eigenvalue weighted by atomic mass is 19.4. The lowest BCUT2D eigenvalue weighted by Gasteiger charge is -2.14. The number of halogens is 3. The van der Waals surface area contributed by atoms with E-state index >= 15 is 0 Å². The highest BCUT2D eigenvalue weighted by Gasteiger charge is 2.30. The minimum Gasteiger partial charge on any atom is -0.484 e. The van der Waals surface area contributed by atoms with Crippen LogP contribution in [0.25, 0.3) is 0 Å². The minimum absolute atomic E-state index is 0.0171. The number of carbonyl (C=O) groups excluding carboxylic acids is 2. The fraction of sp³-hybridized carbons (Fsp3) is 0.333. The Balaban J connectivity index is 1.57. The van der Waals surface area contributed by atoms with Crippen molar-refractivity contribution in [3.8, 4) is 5.75 Å². The second kappa shape index (κ2) is 9.62. The Kier molecular flexibility index (Phi) is 6.94. The van der Waals surface area contributed by atoms with Crippen LogP contribution in [0.4, 0.5) is 18.9 Å². The van der Waals surface area contributed by atoms with E-state index in [-0.39, 0.29) is 29.0 Å². The summed E-state index contributed by atoms with van der Waals surface area (Å²) in [6, 6.07) is 10.7. The zero-order valence-electron chi connectivity index (χ0n) is 16.0. The van der Waals surface area contributed by atoms with Crippen molar-refractivity contribution in [2.45, 2.75) is 25.1 Å². The normalized spacial score (nSPS) is 16.2. The molecule has 1 atom stereocenters. The van der Waals surface area contributed by atoms with Crippen molar-refractivity contribution in [1.82, 2.24) is 5.32 Å². The van der Waals surface area contributed by atoms with Crippen molar-refractivity contribution in [3.63, 3.8) is 0 Å². The maximum Gasteiger partial charge on any atom is 0.416 e. The Hall–Kier alpha value is -3.07. The average molecular weight is 422 g/mol. The molecule has 1 heterocycles. The summed E-state index contributed by atoms with van der Waals surface area (Å²) in [5, 5.41) is 5.34. The van der Waals surface area contributed by atoms with E-state index in [9.17, 15) is 22.8 Å². The number of rotatable bonds is 7. The van der Waals surface area contributed by atoms with Gasteiger partial charge in [-0.2, -0.15) is 13.2 Å². The van der Waals surface area contributed by atoms with Gasteiger partial charge < -0.3 is 20.1 Å². The number of benzene rings is 2. The number of alkyl halides is 3. The molecule has 0 aromatic heterocycles. The molecule has 3 rings (SSSR count). The van der Waals surface area contributed by atoms with Crippen molar-refractivity contribution in [3.05, 3.63) is 59.7 Å². The summed E-state index contributed by atoms with van der Waals surface area (Å²) in [5.41, 5.74) is -0.323. The largest absolute Gasteiger partial charge is 0.484 e. The fourth-order valence-corrected chi connectivity index (χ4v) is 2.99. The molecule has 0 saturated carbocycles. The first kappa shape index (κ1) is 21.6. The number of hydrogen-bond donors (Lipinski definition) is 2. The van der Waals surface area contributed by atoms with Gasteiger partial charge in [-0.25, -0.2) is 0 Å². The summed E-state index contributed by atoms with van der Waals surface area (Å²) in [7, 11) is 0. The smallest absolute Gasteiger partial charge is 0.416 e. The summed E-state index contributed by atoms with van der Waals surface area (Å²) in [4.78, 5) is 24.7. The van der Waals surface area contributed by atoms with Gasteiger partial charge in [-0.1, -0.05) is 18.2 Å². The number of nitrogens with one attached hydrogen (secondary N) is 2. The van der Waals surface area contributed by atoms with Crippen molar-refractivity contribution in [2.75, 3.05) is 25.1 Å². The monoisotopic (exact) mass is 422 g/mol. The molecule has 9 heteroatoms. The summed E-state index contributed by atoms with van der Waals surface area (Å²) >= 11 is 0. The standard InChI is InChI=1S/C21H21F3N2O4/c22-21(23,24)14-5-3-6-15(11-14)30-13-19(27)26-18-9-2-1-8-17(18)20(28)25-12-16-7-4-10-29-16/h1-3,5-6,8-9,11,16H,4,7,10,12-13H2,(H,25,28)(H,26,27). The molecule has 1 unspecified atom stereocenters. The molecule has 2 aromatic rings. The molecule has 2 amide bonds. The second-order valence-corrected chi connectivity index (χ2v) is 6.75. The lowest BCUT2D eigenvalue weighted by Crippen LogP contribution is -2.32. The molecule has 0 aliphatic carbocycles. The third-order valence-electron chi connectivity index (χ3n) is 4.49. The molecule has 30 heavy (non-hydrogen) atoms. The van der Waals surface area contributed by atoms with Crippen LogP contribution >= 0.6 is 0 Å². The van der Waals surface area contributed by atoms with Gasteiger partial charge in [-0.15, -0.1) is 0 Å². The number of para-hydroxylation sites is 1. The summed E-state index contributed by atoms with van der Waals surface area (Å²) in [5.74, 6) is -1.05. The maximum atomic E-state index is 12.8. The third-order valence-corrected chi connectivity index (χ3v) is 4.49. The quantitative estimate of drug-likeness (QED) is 0.715. The lowest BCUT2D eigenvalue weighted by atomic mass is 10.1. The van der Waals surface area contributed by atoms with Crippen molar-refractivity contribution < 1.29 is 32.2 Å². The van der Waals surface area contributed by atoms with E-state index in [4.69, 9.17) is 9.47 Å². The van der Waals surface area contributed by atoms with E-state index in [1.807, 2.05) is 0 Å². The topological polar surface area (TPSA) is 76.7 Å². The number of ether oxygens (including phenoxy) is 2. The third kappa shape index (κ3) is 5.96. The van der Waals surface area contributed by atoms with Gasteiger partial charge in [0.25, 0.3) is 11.8 Å². The molecule has 0 spiro atoms. The first-order valence-corrected chi connectivity index (χ1v) is 9.41. The average Bonchev–Trinajstić information content (AvgIpc) is 3.24. The van der Waals surface area contributed by atoms with Gasteiger partial charge in [0.15, 0.2) is 6.61 Å².